The maximum atomic E-state index is 12.7. The minimum atomic E-state index is -4.46. The van der Waals surface area contributed by atoms with Crippen molar-refractivity contribution in [2.75, 3.05) is 5.32 Å². The number of hydrogen-bond donors (Lipinski definition) is 2. The Morgan fingerprint density at radius 3 is 2.33 bits per heavy atom. The van der Waals surface area contributed by atoms with E-state index >= 15 is 0 Å². The Morgan fingerprint density at radius 1 is 1.33 bits per heavy atom. The van der Waals surface area contributed by atoms with Crippen LogP contribution in [0.15, 0.2) is 18.2 Å². The van der Waals surface area contributed by atoms with Gasteiger partial charge in [-0.15, -0.1) is 0 Å². The summed E-state index contributed by atoms with van der Waals surface area (Å²) < 4.78 is 38.1. The molecule has 0 radical (unpaired) electrons. The van der Waals surface area contributed by atoms with Crippen molar-refractivity contribution in [3.63, 3.8) is 0 Å². The fourth-order valence-electron chi connectivity index (χ4n) is 1.90. The predicted octanol–water partition coefficient (Wildman–Crippen LogP) is 3.51. The van der Waals surface area contributed by atoms with E-state index in [9.17, 15) is 18.0 Å². The number of hydrogen-bond acceptors (Lipinski definition) is 2. The molecule has 1 atom stereocenters. The molecule has 0 aliphatic heterocycles. The molecule has 0 fully saturated rings. The van der Waals surface area contributed by atoms with E-state index in [1.165, 1.54) is 6.07 Å². The van der Waals surface area contributed by atoms with Crippen molar-refractivity contribution in [3.8, 4) is 0 Å². The number of halogens is 3. The van der Waals surface area contributed by atoms with Crippen molar-refractivity contribution in [2.24, 2.45) is 17.6 Å². The van der Waals surface area contributed by atoms with Crippen molar-refractivity contribution in [1.82, 2.24) is 0 Å². The molecule has 3 N–H and O–H groups in total. The lowest BCUT2D eigenvalue weighted by Crippen LogP contribution is -2.37. The second kappa shape index (κ2) is 6.43. The molecule has 0 aromatic heterocycles. The predicted molar refractivity (Wildman–Crippen MR) is 79.9 cm³/mol. The van der Waals surface area contributed by atoms with Crippen molar-refractivity contribution < 1.29 is 18.0 Å². The zero-order chi connectivity index (χ0) is 16.4. The lowest BCUT2D eigenvalue weighted by molar-refractivity contribution is -0.137. The second-order valence-corrected chi connectivity index (χ2v) is 5.61. The number of carbonyl (C=O) groups is 1. The van der Waals surface area contributed by atoms with Crippen molar-refractivity contribution in [2.45, 2.75) is 26.9 Å². The van der Waals surface area contributed by atoms with Crippen LogP contribution in [0.1, 0.15) is 25.0 Å². The highest BCUT2D eigenvalue weighted by atomic mass is 32.1. The number of amides is 1. The first-order chi connectivity index (χ1) is 9.54. The van der Waals surface area contributed by atoms with Gasteiger partial charge in [-0.05, 0) is 30.5 Å². The van der Waals surface area contributed by atoms with Crippen molar-refractivity contribution in [1.29, 1.82) is 0 Å². The zero-order valence-corrected chi connectivity index (χ0v) is 12.7. The Bertz CT molecular complexity index is 556. The third-order valence-electron chi connectivity index (χ3n) is 3.08. The van der Waals surface area contributed by atoms with Crippen LogP contribution in [-0.4, -0.2) is 10.9 Å². The quantitative estimate of drug-likeness (QED) is 0.835. The van der Waals surface area contributed by atoms with Gasteiger partial charge < -0.3 is 11.1 Å². The molecule has 1 amide bonds. The highest BCUT2D eigenvalue weighted by molar-refractivity contribution is 7.80. The number of alkyl halides is 3. The number of rotatable bonds is 4. The molecule has 1 rings (SSSR count). The van der Waals surface area contributed by atoms with Gasteiger partial charge in [-0.3, -0.25) is 4.79 Å². The molecule has 1 aromatic carbocycles. The topological polar surface area (TPSA) is 55.1 Å². The van der Waals surface area contributed by atoms with Gasteiger partial charge in [0.05, 0.1) is 16.5 Å². The summed E-state index contributed by atoms with van der Waals surface area (Å²) >= 11 is 4.84. The molecule has 1 unspecified atom stereocenters. The number of anilines is 1. The van der Waals surface area contributed by atoms with E-state index in [0.717, 1.165) is 12.1 Å². The van der Waals surface area contributed by atoms with Gasteiger partial charge >= 0.3 is 6.18 Å². The Balaban J connectivity index is 3.07. The molecule has 1 aromatic rings. The molecule has 0 saturated heterocycles. The van der Waals surface area contributed by atoms with Gasteiger partial charge in [-0.25, -0.2) is 0 Å². The van der Waals surface area contributed by atoms with Gasteiger partial charge in [0.1, 0.15) is 0 Å². The van der Waals surface area contributed by atoms with Crippen LogP contribution in [0.25, 0.3) is 0 Å². The maximum Gasteiger partial charge on any atom is 0.416 e. The van der Waals surface area contributed by atoms with E-state index in [0.29, 0.717) is 5.56 Å². The zero-order valence-electron chi connectivity index (χ0n) is 11.9. The van der Waals surface area contributed by atoms with Crippen LogP contribution < -0.4 is 11.1 Å². The Hall–Kier alpha value is -1.63. The van der Waals surface area contributed by atoms with Gasteiger partial charge in [-0.2, -0.15) is 13.2 Å². The smallest absolute Gasteiger partial charge is 0.393 e. The summed E-state index contributed by atoms with van der Waals surface area (Å²) in [6.45, 7) is 5.14. The van der Waals surface area contributed by atoms with Gasteiger partial charge in [-0.1, -0.05) is 32.1 Å². The van der Waals surface area contributed by atoms with Crippen LogP contribution in [0.2, 0.25) is 0 Å². The first kappa shape index (κ1) is 17.4. The highest BCUT2D eigenvalue weighted by Crippen LogP contribution is 2.32. The first-order valence-electron chi connectivity index (χ1n) is 6.32. The number of aryl methyl sites for hydroxylation is 1. The Kier molecular flexibility index (Phi) is 5.33. The van der Waals surface area contributed by atoms with Gasteiger partial charge in [0, 0.05) is 5.69 Å². The lowest BCUT2D eigenvalue weighted by atomic mass is 9.94. The van der Waals surface area contributed by atoms with Crippen LogP contribution in [0.3, 0.4) is 0 Å². The molecule has 21 heavy (non-hydrogen) atoms. The fourth-order valence-corrected chi connectivity index (χ4v) is 2.28. The number of thiocarbonyl (C=S) groups is 1. The monoisotopic (exact) mass is 318 g/mol. The summed E-state index contributed by atoms with van der Waals surface area (Å²) in [5, 5.41) is 2.48. The summed E-state index contributed by atoms with van der Waals surface area (Å²) in [4.78, 5) is 12.2. The Morgan fingerprint density at radius 2 is 1.90 bits per heavy atom. The largest absolute Gasteiger partial charge is 0.416 e. The number of nitrogens with one attached hydrogen (secondary N) is 1. The SMILES string of the molecule is Cc1ccc(C(F)(F)F)cc1NC(=O)C(C(N)=S)C(C)C. The minimum absolute atomic E-state index is 0.0205. The van der Waals surface area contributed by atoms with Crippen LogP contribution in [0.5, 0.6) is 0 Å². The Labute approximate surface area is 126 Å². The summed E-state index contributed by atoms with van der Waals surface area (Å²) in [6.07, 6.45) is -4.46. The summed E-state index contributed by atoms with van der Waals surface area (Å²) in [6, 6.07) is 3.19. The molecule has 0 bridgehead atoms. The van der Waals surface area contributed by atoms with Crippen LogP contribution in [-0.2, 0) is 11.0 Å². The van der Waals surface area contributed by atoms with Crippen LogP contribution in [0, 0.1) is 18.8 Å². The molecule has 0 aliphatic carbocycles. The van der Waals surface area contributed by atoms with E-state index in [1.807, 2.05) is 0 Å². The highest BCUT2D eigenvalue weighted by Gasteiger charge is 2.31. The van der Waals surface area contributed by atoms with Gasteiger partial charge in [0.2, 0.25) is 5.91 Å². The minimum Gasteiger partial charge on any atom is -0.393 e. The van der Waals surface area contributed by atoms with Crippen LogP contribution in [0.4, 0.5) is 18.9 Å². The average Bonchev–Trinajstić information content (AvgIpc) is 2.29. The normalized spacial score (nSPS) is 13.1. The molecular formula is C14H17F3N2OS. The molecule has 116 valence electrons. The van der Waals surface area contributed by atoms with E-state index < -0.39 is 23.6 Å². The molecule has 0 aliphatic rings. The molecule has 7 heteroatoms. The van der Waals surface area contributed by atoms with Crippen molar-refractivity contribution in [3.05, 3.63) is 29.3 Å². The van der Waals surface area contributed by atoms with Gasteiger partial charge in [0.15, 0.2) is 0 Å². The van der Waals surface area contributed by atoms with Crippen molar-refractivity contribution >= 4 is 28.8 Å². The summed E-state index contributed by atoms with van der Waals surface area (Å²) in [5.74, 6) is -1.37. The number of benzene rings is 1. The molecule has 3 nitrogen and oxygen atoms in total. The molecule has 0 saturated carbocycles. The summed E-state index contributed by atoms with van der Waals surface area (Å²) in [7, 11) is 0. The van der Waals surface area contributed by atoms with E-state index in [2.05, 4.69) is 5.32 Å². The van der Waals surface area contributed by atoms with Crippen LogP contribution >= 0.6 is 12.2 Å². The van der Waals surface area contributed by atoms with E-state index in [1.54, 1.807) is 20.8 Å². The number of carbonyl (C=O) groups excluding carboxylic acids is 1. The summed E-state index contributed by atoms with van der Waals surface area (Å²) in [5.41, 5.74) is 5.34. The molecule has 0 spiro atoms. The maximum absolute atomic E-state index is 12.7. The third-order valence-corrected chi connectivity index (χ3v) is 3.33. The number of nitrogens with two attached hydrogens (primary N) is 1. The third kappa shape index (κ3) is 4.42. The van der Waals surface area contributed by atoms with Gasteiger partial charge in [0.25, 0.3) is 0 Å². The molecular weight excluding hydrogens is 301 g/mol. The standard InChI is InChI=1S/C14H17F3N2OS/c1-7(2)11(12(18)21)13(20)19-10-6-9(14(15,16)17)5-4-8(10)3/h4-7,11H,1-3H3,(H2,18,21)(H,19,20). The fraction of sp³-hybridized carbons (Fsp3) is 0.429. The lowest BCUT2D eigenvalue weighted by Gasteiger charge is -2.20. The van der Waals surface area contributed by atoms with E-state index in [-0.39, 0.29) is 16.6 Å². The van der Waals surface area contributed by atoms with E-state index in [4.69, 9.17) is 18.0 Å². The molecule has 0 heterocycles. The first-order valence-corrected chi connectivity index (χ1v) is 6.73. The second-order valence-electron chi connectivity index (χ2n) is 5.14. The average molecular weight is 318 g/mol.